The Morgan fingerprint density at radius 1 is 1.03 bits per heavy atom. The minimum atomic E-state index is -4.01. The maximum atomic E-state index is 13.3. The SMILES string of the molecule is COc1ccc(S(=O)(=O)Nc2ccccc2C#Cc2cnc(C(=O)O)cc2C)c2ncccc12. The van der Waals surface area contributed by atoms with Crippen molar-refractivity contribution >= 4 is 32.6 Å². The van der Waals surface area contributed by atoms with Gasteiger partial charge in [-0.1, -0.05) is 24.0 Å². The van der Waals surface area contributed by atoms with Crippen molar-refractivity contribution in [2.24, 2.45) is 0 Å². The Labute approximate surface area is 196 Å². The number of nitrogens with one attached hydrogen (secondary N) is 1. The molecular formula is C25H19N3O5S. The van der Waals surface area contributed by atoms with Crippen LogP contribution in [0.5, 0.6) is 5.75 Å². The second-order valence-electron chi connectivity index (χ2n) is 7.26. The maximum Gasteiger partial charge on any atom is 0.354 e. The van der Waals surface area contributed by atoms with Gasteiger partial charge in [-0.3, -0.25) is 9.71 Å². The van der Waals surface area contributed by atoms with E-state index in [2.05, 4.69) is 26.5 Å². The van der Waals surface area contributed by atoms with E-state index in [9.17, 15) is 13.2 Å². The molecule has 0 amide bonds. The maximum absolute atomic E-state index is 13.3. The highest BCUT2D eigenvalue weighted by atomic mass is 32.2. The van der Waals surface area contributed by atoms with Crippen molar-refractivity contribution < 1.29 is 23.1 Å². The van der Waals surface area contributed by atoms with Gasteiger partial charge in [0.05, 0.1) is 18.3 Å². The molecule has 0 spiro atoms. The fourth-order valence-corrected chi connectivity index (χ4v) is 4.58. The summed E-state index contributed by atoms with van der Waals surface area (Å²) in [5.74, 6) is 5.28. The first-order valence-electron chi connectivity index (χ1n) is 10.1. The van der Waals surface area contributed by atoms with E-state index in [0.29, 0.717) is 33.5 Å². The van der Waals surface area contributed by atoms with Crippen LogP contribution in [0.4, 0.5) is 5.69 Å². The van der Waals surface area contributed by atoms with Gasteiger partial charge >= 0.3 is 5.97 Å². The lowest BCUT2D eigenvalue weighted by Gasteiger charge is -2.13. The second-order valence-corrected chi connectivity index (χ2v) is 8.91. The third-order valence-corrected chi connectivity index (χ3v) is 6.43. The third kappa shape index (κ3) is 4.53. The molecule has 2 aromatic heterocycles. The molecule has 170 valence electrons. The van der Waals surface area contributed by atoms with Crippen LogP contribution in [0, 0.1) is 18.8 Å². The molecule has 4 aromatic rings. The summed E-state index contributed by atoms with van der Waals surface area (Å²) in [5, 5.41) is 9.64. The van der Waals surface area contributed by atoms with E-state index in [1.165, 1.54) is 31.6 Å². The monoisotopic (exact) mass is 473 g/mol. The molecule has 4 rings (SSSR count). The molecule has 0 saturated heterocycles. The van der Waals surface area contributed by atoms with Gasteiger partial charge in [0.1, 0.15) is 16.3 Å². The number of hydrogen-bond donors (Lipinski definition) is 2. The number of carboxylic acid groups (broad SMARTS) is 1. The van der Waals surface area contributed by atoms with Crippen LogP contribution >= 0.6 is 0 Å². The van der Waals surface area contributed by atoms with E-state index >= 15 is 0 Å². The van der Waals surface area contributed by atoms with Gasteiger partial charge < -0.3 is 9.84 Å². The molecule has 0 fully saturated rings. The molecule has 0 radical (unpaired) electrons. The summed E-state index contributed by atoms with van der Waals surface area (Å²) < 4.78 is 34.5. The minimum Gasteiger partial charge on any atom is -0.496 e. The zero-order valence-electron chi connectivity index (χ0n) is 18.2. The lowest BCUT2D eigenvalue weighted by Crippen LogP contribution is -2.14. The number of ether oxygens (including phenoxy) is 1. The summed E-state index contributed by atoms with van der Waals surface area (Å²) >= 11 is 0. The van der Waals surface area contributed by atoms with Gasteiger partial charge in [0.2, 0.25) is 0 Å². The van der Waals surface area contributed by atoms with Crippen molar-refractivity contribution in [1.82, 2.24) is 9.97 Å². The summed E-state index contributed by atoms with van der Waals surface area (Å²) in [7, 11) is -2.50. The number of methoxy groups -OCH3 is 1. The number of hydrogen-bond acceptors (Lipinski definition) is 6. The summed E-state index contributed by atoms with van der Waals surface area (Å²) in [6.45, 7) is 1.73. The number of benzene rings is 2. The molecule has 0 aliphatic heterocycles. The number of aryl methyl sites for hydroxylation is 1. The summed E-state index contributed by atoms with van der Waals surface area (Å²) in [6, 6.07) is 14.6. The molecule has 34 heavy (non-hydrogen) atoms. The molecule has 8 nitrogen and oxygen atoms in total. The number of fused-ring (bicyclic) bond motifs is 1. The van der Waals surface area contributed by atoms with Crippen LogP contribution < -0.4 is 9.46 Å². The molecular weight excluding hydrogens is 454 g/mol. The molecule has 9 heteroatoms. The van der Waals surface area contributed by atoms with Crippen molar-refractivity contribution in [3.63, 3.8) is 0 Å². The second kappa shape index (κ2) is 9.21. The quantitative estimate of drug-likeness (QED) is 0.423. The third-order valence-electron chi connectivity index (χ3n) is 5.04. The molecule has 0 unspecified atom stereocenters. The number of aromatic carboxylic acids is 1. The number of pyridine rings is 2. The van der Waals surface area contributed by atoms with Crippen LogP contribution in [0.3, 0.4) is 0 Å². The molecule has 0 saturated carbocycles. The van der Waals surface area contributed by atoms with Gasteiger partial charge in [0.15, 0.2) is 0 Å². The molecule has 2 heterocycles. The Hall–Kier alpha value is -4.42. The first-order chi connectivity index (χ1) is 16.3. The Balaban J connectivity index is 1.71. The number of carboxylic acids is 1. The van der Waals surface area contributed by atoms with E-state index in [1.807, 2.05) is 0 Å². The van der Waals surface area contributed by atoms with Crippen LogP contribution in [0.25, 0.3) is 10.9 Å². The number of carbonyl (C=O) groups is 1. The Bertz CT molecular complexity index is 1590. The highest BCUT2D eigenvalue weighted by molar-refractivity contribution is 7.93. The molecule has 0 aliphatic carbocycles. The number of para-hydroxylation sites is 1. The Kier molecular flexibility index (Phi) is 6.17. The van der Waals surface area contributed by atoms with E-state index < -0.39 is 16.0 Å². The predicted octanol–water partition coefficient (Wildman–Crippen LogP) is 3.85. The first kappa shape index (κ1) is 22.8. The Morgan fingerprint density at radius 3 is 2.53 bits per heavy atom. The van der Waals surface area contributed by atoms with Gasteiger partial charge in [0, 0.05) is 28.9 Å². The van der Waals surface area contributed by atoms with Gasteiger partial charge in [-0.05, 0) is 55.0 Å². The normalized spacial score (nSPS) is 10.9. The molecule has 0 aliphatic rings. The Morgan fingerprint density at radius 2 is 1.79 bits per heavy atom. The van der Waals surface area contributed by atoms with Crippen molar-refractivity contribution in [3.8, 4) is 17.6 Å². The van der Waals surface area contributed by atoms with Gasteiger partial charge in [-0.2, -0.15) is 0 Å². The van der Waals surface area contributed by atoms with Crippen LogP contribution in [0.15, 0.2) is 71.9 Å². The fraction of sp³-hybridized carbons (Fsp3) is 0.0800. The summed E-state index contributed by atoms with van der Waals surface area (Å²) in [6.07, 6.45) is 2.90. The van der Waals surface area contributed by atoms with Crippen molar-refractivity contribution in [2.45, 2.75) is 11.8 Å². The summed E-state index contributed by atoms with van der Waals surface area (Å²) in [4.78, 5) is 19.2. The predicted molar refractivity (Wildman–Crippen MR) is 127 cm³/mol. The largest absolute Gasteiger partial charge is 0.496 e. The lowest BCUT2D eigenvalue weighted by atomic mass is 10.1. The van der Waals surface area contributed by atoms with Crippen molar-refractivity contribution in [1.29, 1.82) is 0 Å². The molecule has 2 aromatic carbocycles. The zero-order chi connectivity index (χ0) is 24.3. The van der Waals surface area contributed by atoms with Crippen LogP contribution in [-0.2, 0) is 10.0 Å². The summed E-state index contributed by atoms with van der Waals surface area (Å²) in [5.41, 5.74) is 2.14. The zero-order valence-corrected chi connectivity index (χ0v) is 19.1. The van der Waals surface area contributed by atoms with Crippen molar-refractivity contribution in [3.05, 3.63) is 89.4 Å². The molecule has 2 N–H and O–H groups in total. The van der Waals surface area contributed by atoms with E-state index in [4.69, 9.17) is 9.84 Å². The highest BCUT2D eigenvalue weighted by Crippen LogP contribution is 2.30. The first-order valence-corrected chi connectivity index (χ1v) is 11.5. The van der Waals surface area contributed by atoms with E-state index in [-0.39, 0.29) is 16.1 Å². The van der Waals surface area contributed by atoms with Gasteiger partial charge in [-0.15, -0.1) is 0 Å². The number of sulfonamides is 1. The average molecular weight is 474 g/mol. The van der Waals surface area contributed by atoms with Gasteiger partial charge in [0.25, 0.3) is 10.0 Å². The molecule has 0 bridgehead atoms. The van der Waals surface area contributed by atoms with Crippen LogP contribution in [-0.4, -0.2) is 36.6 Å². The smallest absolute Gasteiger partial charge is 0.354 e. The lowest BCUT2D eigenvalue weighted by molar-refractivity contribution is 0.0690. The molecule has 0 atom stereocenters. The average Bonchev–Trinajstić information content (AvgIpc) is 2.83. The fourth-order valence-electron chi connectivity index (χ4n) is 3.33. The topological polar surface area (TPSA) is 118 Å². The number of nitrogens with zero attached hydrogens (tertiary/aromatic N) is 2. The van der Waals surface area contributed by atoms with E-state index in [1.54, 1.807) is 49.4 Å². The number of aromatic nitrogens is 2. The number of rotatable bonds is 5. The minimum absolute atomic E-state index is 0.0102. The van der Waals surface area contributed by atoms with Gasteiger partial charge in [-0.25, -0.2) is 18.2 Å². The van der Waals surface area contributed by atoms with E-state index in [0.717, 1.165) is 0 Å². The highest BCUT2D eigenvalue weighted by Gasteiger charge is 2.21. The van der Waals surface area contributed by atoms with Crippen molar-refractivity contribution in [2.75, 3.05) is 11.8 Å². The standard InChI is InChI=1S/C25H19N3O5S/c1-16-14-21(25(29)30)27-15-18(16)10-9-17-6-3-4-8-20(17)28-34(31,32)23-12-11-22(33-2)19-7-5-13-26-24(19)23/h3-8,11-15,28H,1-2H3,(H,29,30). The van der Waals surface area contributed by atoms with Crippen LogP contribution in [0.1, 0.15) is 27.2 Å². The van der Waals surface area contributed by atoms with Crippen LogP contribution in [0.2, 0.25) is 0 Å². The number of anilines is 1.